The maximum atomic E-state index is 10.6. The molecule has 64 valence electrons. The van der Waals surface area contributed by atoms with E-state index in [1.165, 1.54) is 6.92 Å². The normalized spacial score (nSPS) is 7.83. The summed E-state index contributed by atoms with van der Waals surface area (Å²) >= 11 is 0. The van der Waals surface area contributed by atoms with E-state index in [0.717, 1.165) is 6.92 Å². The quantitative estimate of drug-likeness (QED) is 0.186. The second kappa shape index (κ2) is 5.90. The van der Waals surface area contributed by atoms with Crippen LogP contribution >= 0.6 is 0 Å². The Bertz CT molecular complexity index is 208. The largest absolute Gasteiger partial charge is 0.384 e. The van der Waals surface area contributed by atoms with Crippen molar-refractivity contribution in [1.29, 1.82) is 0 Å². The zero-order valence-corrected chi connectivity index (χ0v) is 6.34. The second-order valence-corrected chi connectivity index (χ2v) is 2.01. The van der Waals surface area contributed by atoms with Gasteiger partial charge in [-0.1, -0.05) is 6.58 Å². The maximum absolute atomic E-state index is 10.6. The van der Waals surface area contributed by atoms with Crippen LogP contribution in [0.1, 0.15) is 13.8 Å². The van der Waals surface area contributed by atoms with Crippen LogP contribution in [-0.2, 0) is 19.1 Å². The highest BCUT2D eigenvalue weighted by molar-refractivity contribution is 6.34. The molecule has 0 rings (SSSR count). The monoisotopic (exact) mass is 182 g/mol. The molecule has 4 nitrogen and oxygen atoms in total. The third kappa shape index (κ3) is 5.03. The first-order chi connectivity index (χ1) is 4.95. The minimum Gasteiger partial charge on any atom is -0.384 e. The topological polar surface area (TPSA) is 60.4 Å². The summed E-state index contributed by atoms with van der Waals surface area (Å²) < 4.78 is 4.05. The van der Waals surface area contributed by atoms with Crippen molar-refractivity contribution in [1.82, 2.24) is 0 Å². The predicted octanol–water partition coefficient (Wildman–Crippen LogP) is -0.695. The molecule has 0 aliphatic carbocycles. The van der Waals surface area contributed by atoms with Crippen LogP contribution in [0, 0.1) is 0 Å². The lowest BCUT2D eigenvalue weighted by Crippen LogP contribution is -2.18. The molecule has 0 aromatic rings. The average Bonchev–Trinajstić information content (AvgIpc) is 1.87. The molecule has 5 heteroatoms. The Morgan fingerprint density at radius 3 is 1.75 bits per heavy atom. The molecule has 0 radical (unpaired) electrons. The molecule has 0 aliphatic heterocycles. The van der Waals surface area contributed by atoms with E-state index in [9.17, 15) is 14.4 Å². The second-order valence-electron chi connectivity index (χ2n) is 2.01. The molecule has 0 amide bonds. The number of rotatable bonds is 2. The Morgan fingerprint density at radius 1 is 1.08 bits per heavy atom. The standard InChI is InChI=1S/C7H8O4.Mg.2H/c1-4(2)6(9)11-7(10)5(3)8;;;/h1H2,2-3H3;;;. The molecule has 0 aromatic heterocycles. The van der Waals surface area contributed by atoms with Crippen LogP contribution in [0.2, 0.25) is 0 Å². The van der Waals surface area contributed by atoms with Gasteiger partial charge in [-0.2, -0.15) is 0 Å². The van der Waals surface area contributed by atoms with Gasteiger partial charge in [0.25, 0.3) is 0 Å². The van der Waals surface area contributed by atoms with Gasteiger partial charge in [0.15, 0.2) is 0 Å². The Morgan fingerprint density at radius 2 is 1.50 bits per heavy atom. The fourth-order valence-corrected chi connectivity index (χ4v) is 0.243. The minimum absolute atomic E-state index is 0. The molecule has 0 aliphatic rings. The molecule has 0 spiro atoms. The molecule has 12 heavy (non-hydrogen) atoms. The first-order valence-electron chi connectivity index (χ1n) is 2.87. The number of ketones is 1. The lowest BCUT2D eigenvalue weighted by atomic mass is 10.3. The van der Waals surface area contributed by atoms with Gasteiger partial charge in [-0.25, -0.2) is 9.59 Å². The van der Waals surface area contributed by atoms with Crippen molar-refractivity contribution in [3.63, 3.8) is 0 Å². The molecule has 0 saturated heterocycles. The van der Waals surface area contributed by atoms with Gasteiger partial charge in [0.2, 0.25) is 5.78 Å². The zero-order chi connectivity index (χ0) is 9.02. The van der Waals surface area contributed by atoms with E-state index in [2.05, 4.69) is 11.3 Å². The van der Waals surface area contributed by atoms with Gasteiger partial charge in [0.1, 0.15) is 0 Å². The molecule has 0 atom stereocenters. The zero-order valence-electron chi connectivity index (χ0n) is 6.34. The summed E-state index contributed by atoms with van der Waals surface area (Å²) in [6.45, 7) is 5.64. The molecule has 0 heterocycles. The highest BCUT2D eigenvalue weighted by Gasteiger charge is 2.14. The van der Waals surface area contributed by atoms with Gasteiger partial charge < -0.3 is 4.74 Å². The lowest BCUT2D eigenvalue weighted by molar-refractivity contribution is -0.161. The number of Topliss-reactive ketones (excluding diaryl/α,β-unsaturated/α-hetero) is 1. The van der Waals surface area contributed by atoms with Crippen molar-refractivity contribution in [2.75, 3.05) is 0 Å². The van der Waals surface area contributed by atoms with E-state index in [1.807, 2.05) is 0 Å². The number of carbonyl (C=O) groups is 3. The Kier molecular flexibility index (Phi) is 6.83. The van der Waals surface area contributed by atoms with Gasteiger partial charge in [-0.05, 0) is 6.92 Å². The van der Waals surface area contributed by atoms with Gasteiger partial charge >= 0.3 is 35.0 Å². The minimum atomic E-state index is -1.15. The molecule has 0 bridgehead atoms. The van der Waals surface area contributed by atoms with Crippen LogP contribution in [0.4, 0.5) is 0 Å². The van der Waals surface area contributed by atoms with Crippen LogP contribution < -0.4 is 0 Å². The van der Waals surface area contributed by atoms with Gasteiger partial charge in [0, 0.05) is 12.5 Å². The van der Waals surface area contributed by atoms with Crippen molar-refractivity contribution in [2.24, 2.45) is 0 Å². The lowest BCUT2D eigenvalue weighted by Gasteiger charge is -1.97. The van der Waals surface area contributed by atoms with E-state index in [0.29, 0.717) is 0 Å². The number of carbonyl (C=O) groups excluding carboxylic acids is 3. The molecular weight excluding hydrogens is 172 g/mol. The van der Waals surface area contributed by atoms with Crippen LogP contribution in [0.5, 0.6) is 0 Å². The van der Waals surface area contributed by atoms with Crippen molar-refractivity contribution in [2.45, 2.75) is 13.8 Å². The summed E-state index contributed by atoms with van der Waals surface area (Å²) in [6.07, 6.45) is 0. The van der Waals surface area contributed by atoms with Crippen LogP contribution in [0.25, 0.3) is 0 Å². The Hall–Kier alpha value is -0.684. The first kappa shape index (κ1) is 13.9. The summed E-state index contributed by atoms with van der Waals surface area (Å²) in [5.74, 6) is -2.83. The number of hydrogen-bond donors (Lipinski definition) is 0. The van der Waals surface area contributed by atoms with Crippen LogP contribution in [0.3, 0.4) is 0 Å². The number of hydrogen-bond acceptors (Lipinski definition) is 4. The van der Waals surface area contributed by atoms with Crippen LogP contribution in [0.15, 0.2) is 12.2 Å². The van der Waals surface area contributed by atoms with E-state index in [-0.39, 0.29) is 28.6 Å². The fourth-order valence-electron chi connectivity index (χ4n) is 0.243. The molecule has 0 fully saturated rings. The van der Waals surface area contributed by atoms with Gasteiger partial charge in [0.05, 0.1) is 0 Å². The van der Waals surface area contributed by atoms with E-state index in [4.69, 9.17) is 0 Å². The summed E-state index contributed by atoms with van der Waals surface area (Å²) in [5, 5.41) is 0. The fraction of sp³-hybridized carbons (Fsp3) is 0.286. The smallest absolute Gasteiger partial charge is 0.382 e. The molecule has 0 aromatic carbocycles. The molecule has 0 saturated carbocycles. The average molecular weight is 182 g/mol. The van der Waals surface area contributed by atoms with E-state index in [1.54, 1.807) is 0 Å². The van der Waals surface area contributed by atoms with Crippen LogP contribution in [-0.4, -0.2) is 40.8 Å². The summed E-state index contributed by atoms with van der Waals surface area (Å²) in [4.78, 5) is 31.2. The van der Waals surface area contributed by atoms with E-state index >= 15 is 0 Å². The van der Waals surface area contributed by atoms with Crippen molar-refractivity contribution >= 4 is 40.8 Å². The first-order valence-corrected chi connectivity index (χ1v) is 2.87. The Labute approximate surface area is 86.1 Å². The van der Waals surface area contributed by atoms with Crippen molar-refractivity contribution < 1.29 is 19.1 Å². The molecule has 0 N–H and O–H groups in total. The maximum Gasteiger partial charge on any atom is 0.382 e. The SMILES string of the molecule is C=C(C)C(=O)OC(=O)C(C)=O.[MgH2]. The molecule has 0 unspecified atom stereocenters. The van der Waals surface area contributed by atoms with Crippen molar-refractivity contribution in [3.8, 4) is 0 Å². The Balaban J connectivity index is 0. The third-order valence-electron chi connectivity index (χ3n) is 0.821. The van der Waals surface area contributed by atoms with E-state index < -0.39 is 17.7 Å². The number of esters is 2. The number of ether oxygens (including phenoxy) is 1. The highest BCUT2D eigenvalue weighted by Crippen LogP contribution is 1.92. The summed E-state index contributed by atoms with van der Waals surface area (Å²) in [7, 11) is 0. The van der Waals surface area contributed by atoms with Crippen molar-refractivity contribution in [3.05, 3.63) is 12.2 Å². The third-order valence-corrected chi connectivity index (χ3v) is 0.821. The van der Waals surface area contributed by atoms with Gasteiger partial charge in [-0.3, -0.25) is 4.79 Å². The van der Waals surface area contributed by atoms with Gasteiger partial charge in [-0.15, -0.1) is 0 Å². The predicted molar refractivity (Wildman–Crippen MR) is 45.1 cm³/mol. The summed E-state index contributed by atoms with van der Waals surface area (Å²) in [5.41, 5.74) is 0.0830. The molecular formula is C7H10MgO4. The summed E-state index contributed by atoms with van der Waals surface area (Å²) in [6, 6.07) is 0. The highest BCUT2D eigenvalue weighted by atomic mass is 24.3.